The van der Waals surface area contributed by atoms with Gasteiger partial charge in [-0.15, -0.1) is 6.58 Å². The summed E-state index contributed by atoms with van der Waals surface area (Å²) in [6, 6.07) is 0. The molecule has 5 N–H and O–H groups in total. The van der Waals surface area contributed by atoms with Crippen LogP contribution < -0.4 is 26.6 Å². The first kappa shape index (κ1) is 86.3. The van der Waals surface area contributed by atoms with Gasteiger partial charge in [-0.2, -0.15) is 0 Å². The Balaban J connectivity index is 0.000000310. The molecular weight excluding hydrogens is 1170 g/mol. The number of carbonyl (C=O) groups excluding carboxylic acids is 5. The van der Waals surface area contributed by atoms with Crippen molar-refractivity contribution in [2.45, 2.75) is 417 Å². The van der Waals surface area contributed by atoms with Gasteiger partial charge in [-0.3, -0.25) is 24.0 Å². The van der Waals surface area contributed by atoms with E-state index in [-0.39, 0.29) is 80.4 Å². The predicted molar refractivity (Wildman–Crippen MR) is 406 cm³/mol. The van der Waals surface area contributed by atoms with E-state index in [2.05, 4.69) is 130 Å². The highest BCUT2D eigenvalue weighted by Gasteiger charge is 2.35. The Morgan fingerprint density at radius 3 is 0.832 bits per heavy atom. The predicted octanol–water partition coefficient (Wildman–Crippen LogP) is 22.1. The summed E-state index contributed by atoms with van der Waals surface area (Å²) in [6.45, 7) is 48.0. The van der Waals surface area contributed by atoms with E-state index in [0.29, 0.717) is 17.7 Å². The lowest BCUT2D eigenvalue weighted by Gasteiger charge is -2.29. The molecule has 7 aliphatic rings. The van der Waals surface area contributed by atoms with Crippen molar-refractivity contribution in [1.82, 2.24) is 26.6 Å². The lowest BCUT2D eigenvalue weighted by atomic mass is 9.80. The van der Waals surface area contributed by atoms with Crippen LogP contribution in [0.3, 0.4) is 0 Å². The van der Waals surface area contributed by atoms with Gasteiger partial charge >= 0.3 is 0 Å². The zero-order valence-electron chi connectivity index (χ0n) is 66.6. The van der Waals surface area contributed by atoms with Gasteiger partial charge in [0.1, 0.15) is 0 Å². The SMILES string of the molecule is C=C(C)CC(CCC1CCCC1)C(=O)NC(C)(C)C.CC(C)(C)CC(CCC1CCCC1)C(=O)NC(C)(C)C.CC(C)(C)NC(=O)C(CCC1CCCC1)CC1CC1.CC(C)(C)NC(=O)C(CCC1CCCC1)CC1CCCC1.CC(C)C(CCC1CC1)C(=O)NC(C)(C)C. The molecule has 554 valence electrons. The lowest BCUT2D eigenvalue weighted by molar-refractivity contribution is -0.128. The van der Waals surface area contributed by atoms with Crippen molar-refractivity contribution in [2.75, 3.05) is 0 Å². The molecule has 10 heteroatoms. The Labute approximate surface area is 588 Å². The second kappa shape index (κ2) is 41.7. The van der Waals surface area contributed by atoms with Crippen LogP contribution in [0.4, 0.5) is 0 Å². The van der Waals surface area contributed by atoms with E-state index < -0.39 is 0 Å². The van der Waals surface area contributed by atoms with Crippen molar-refractivity contribution in [1.29, 1.82) is 0 Å². The number of nitrogens with one attached hydrogen (secondary N) is 5. The van der Waals surface area contributed by atoms with Gasteiger partial charge in [-0.25, -0.2) is 0 Å². The van der Waals surface area contributed by atoms with Crippen LogP contribution >= 0.6 is 0 Å². The highest BCUT2D eigenvalue weighted by Crippen LogP contribution is 2.41. The van der Waals surface area contributed by atoms with Crippen LogP contribution in [0.2, 0.25) is 0 Å². The van der Waals surface area contributed by atoms with Gasteiger partial charge in [-0.05, 0) is 253 Å². The second-order valence-corrected chi connectivity index (χ2v) is 39.3. The van der Waals surface area contributed by atoms with Crippen molar-refractivity contribution in [3.63, 3.8) is 0 Å². The minimum absolute atomic E-state index is 0.0910. The van der Waals surface area contributed by atoms with Crippen LogP contribution in [0.25, 0.3) is 0 Å². The smallest absolute Gasteiger partial charge is 0.223 e. The molecule has 0 aromatic carbocycles. The maximum Gasteiger partial charge on any atom is 0.223 e. The molecule has 7 rings (SSSR count). The van der Waals surface area contributed by atoms with Crippen molar-refractivity contribution in [3.8, 4) is 0 Å². The molecule has 0 heterocycles. The molecule has 5 amide bonds. The third-order valence-electron chi connectivity index (χ3n) is 21.2. The summed E-state index contributed by atoms with van der Waals surface area (Å²) >= 11 is 0. The minimum Gasteiger partial charge on any atom is -0.351 e. The monoisotopic (exact) mass is 1330 g/mol. The van der Waals surface area contributed by atoms with Crippen molar-refractivity contribution < 1.29 is 24.0 Å². The van der Waals surface area contributed by atoms with Crippen LogP contribution in [0, 0.1) is 82.3 Å². The van der Waals surface area contributed by atoms with Gasteiger partial charge in [0.2, 0.25) is 29.5 Å². The molecule has 10 nitrogen and oxygen atoms in total. The molecule has 0 aromatic rings. The summed E-state index contributed by atoms with van der Waals surface area (Å²) < 4.78 is 0. The van der Waals surface area contributed by atoms with Gasteiger partial charge in [0, 0.05) is 57.3 Å². The van der Waals surface area contributed by atoms with Crippen LogP contribution in [0.15, 0.2) is 12.2 Å². The van der Waals surface area contributed by atoms with Crippen molar-refractivity contribution in [2.24, 2.45) is 82.3 Å². The molecule has 0 saturated heterocycles. The average molecular weight is 1330 g/mol. The van der Waals surface area contributed by atoms with E-state index >= 15 is 0 Å². The molecule has 0 aromatic heterocycles. The first-order chi connectivity index (χ1) is 44.0. The second-order valence-electron chi connectivity index (χ2n) is 39.3. The fourth-order valence-corrected chi connectivity index (χ4v) is 15.8. The van der Waals surface area contributed by atoms with Gasteiger partial charge in [0.15, 0.2) is 0 Å². The molecular formula is C85H159N5O5. The third-order valence-corrected chi connectivity index (χ3v) is 21.2. The standard InChI is InChI=1S/C19H35NO.C18H35NO.2C17H31NO.C14H27NO/c1-19(2,3)20-18(21)17(14-16-10-6-7-11-16)13-12-15-8-4-5-9-15;1-17(2,3)13-15(16(20)19-18(4,5)6)12-11-14-9-7-8-10-14;1-17(2,3)18-16(19)15(12-14-8-9-14)11-10-13-6-4-5-7-13;1-13(2)12-15(16(19)18-17(3,4)5)11-10-14-8-6-7-9-14;1-10(2)12(9-8-11-6-7-11)13(16)15-14(3,4)5/h15-17H,4-14H2,1-3H3,(H,20,21);14-15H,7-13H2,1-6H3,(H,19,20);13-15H,4-12H2,1-3H3,(H,18,19);14-15H,1,6-12H2,2-5H3,(H,18,19);10-12H,6-9H2,1-5H3,(H,15,16). The van der Waals surface area contributed by atoms with Gasteiger partial charge in [0.25, 0.3) is 0 Å². The normalized spacial score (nSPS) is 20.3. The molecule has 95 heavy (non-hydrogen) atoms. The molecule has 7 saturated carbocycles. The van der Waals surface area contributed by atoms with Crippen LogP contribution in [0.1, 0.15) is 389 Å². The number of hydrogen-bond donors (Lipinski definition) is 5. The highest BCUT2D eigenvalue weighted by molar-refractivity contribution is 5.81. The fourth-order valence-electron chi connectivity index (χ4n) is 15.8. The zero-order valence-corrected chi connectivity index (χ0v) is 66.6. The number of carbonyl (C=O) groups is 5. The Morgan fingerprint density at radius 1 is 0.326 bits per heavy atom. The number of hydrogen-bond acceptors (Lipinski definition) is 5. The van der Waals surface area contributed by atoms with Crippen molar-refractivity contribution in [3.05, 3.63) is 12.2 Å². The molecule has 5 atom stereocenters. The van der Waals surface area contributed by atoms with E-state index in [0.717, 1.165) is 105 Å². The first-order valence-corrected chi connectivity index (χ1v) is 40.3. The van der Waals surface area contributed by atoms with Crippen LogP contribution in [-0.2, 0) is 24.0 Å². The van der Waals surface area contributed by atoms with E-state index in [4.69, 9.17) is 0 Å². The Bertz CT molecular complexity index is 2170. The maximum atomic E-state index is 12.6. The van der Waals surface area contributed by atoms with E-state index in [1.54, 1.807) is 0 Å². The highest BCUT2D eigenvalue weighted by atomic mass is 16.2. The number of allylic oxidation sites excluding steroid dienone is 1. The molecule has 0 aliphatic heterocycles. The number of amides is 5. The maximum absolute atomic E-state index is 12.6. The Hall–Kier alpha value is -2.91. The molecule has 0 radical (unpaired) electrons. The van der Waals surface area contributed by atoms with E-state index in [1.807, 2.05) is 48.5 Å². The summed E-state index contributed by atoms with van der Waals surface area (Å²) in [7, 11) is 0. The summed E-state index contributed by atoms with van der Waals surface area (Å²) in [4.78, 5) is 62.1. The summed E-state index contributed by atoms with van der Waals surface area (Å²) in [5.41, 5.74) is 0.767. The van der Waals surface area contributed by atoms with E-state index in [9.17, 15) is 24.0 Å². The minimum atomic E-state index is -0.141. The largest absolute Gasteiger partial charge is 0.351 e. The average Bonchev–Trinajstić information content (AvgIpc) is 1.89. The van der Waals surface area contributed by atoms with E-state index in [1.165, 1.54) is 186 Å². The van der Waals surface area contributed by atoms with Gasteiger partial charge in [0.05, 0.1) is 0 Å². The van der Waals surface area contributed by atoms with Gasteiger partial charge in [-0.1, -0.05) is 194 Å². The third kappa shape index (κ3) is 43.4. The molecule has 5 unspecified atom stereocenters. The summed E-state index contributed by atoms with van der Waals surface area (Å²) in [6.07, 6.45) is 48.8. The first-order valence-electron chi connectivity index (χ1n) is 40.3. The summed E-state index contributed by atoms with van der Waals surface area (Å²) in [5.74, 6) is 8.88. The Kier molecular flexibility index (Phi) is 37.9. The molecule has 7 fully saturated rings. The topological polar surface area (TPSA) is 146 Å². The van der Waals surface area contributed by atoms with Crippen LogP contribution in [-0.4, -0.2) is 57.2 Å². The molecule has 0 spiro atoms. The fraction of sp³-hybridized carbons (Fsp3) is 0.918. The number of rotatable bonds is 28. The Morgan fingerprint density at radius 2 is 0.558 bits per heavy atom. The van der Waals surface area contributed by atoms with Gasteiger partial charge < -0.3 is 26.6 Å². The molecule has 0 bridgehead atoms. The molecule has 7 aliphatic carbocycles. The van der Waals surface area contributed by atoms with Crippen molar-refractivity contribution >= 4 is 29.5 Å². The van der Waals surface area contributed by atoms with Crippen LogP contribution in [0.5, 0.6) is 0 Å². The summed E-state index contributed by atoms with van der Waals surface area (Å²) in [5, 5.41) is 15.8. The quantitative estimate of drug-likeness (QED) is 0.0495. The lowest BCUT2D eigenvalue weighted by Crippen LogP contribution is -2.45. The zero-order chi connectivity index (χ0) is 71.4.